The number of carbonyl (C=O) groups is 2. The summed E-state index contributed by atoms with van der Waals surface area (Å²) in [6.45, 7) is 4.22. The number of ether oxygens (including phenoxy) is 1. The van der Waals surface area contributed by atoms with Gasteiger partial charge in [-0.25, -0.2) is 0 Å². The molecule has 0 radical (unpaired) electrons. The van der Waals surface area contributed by atoms with Crippen LogP contribution in [0.25, 0.3) is 0 Å². The van der Waals surface area contributed by atoms with Gasteiger partial charge in [0, 0.05) is 17.1 Å². The molecule has 0 saturated heterocycles. The van der Waals surface area contributed by atoms with Crippen LogP contribution in [0.1, 0.15) is 52.4 Å². The van der Waals surface area contributed by atoms with Crippen molar-refractivity contribution in [1.82, 2.24) is 0 Å². The molecule has 0 heterocycles. The van der Waals surface area contributed by atoms with E-state index in [0.717, 1.165) is 42.8 Å². The number of carboxylic acid groups (broad SMARTS) is 1. The van der Waals surface area contributed by atoms with Gasteiger partial charge in [0.05, 0.1) is 12.5 Å². The van der Waals surface area contributed by atoms with Gasteiger partial charge in [0.25, 0.3) is 0 Å². The van der Waals surface area contributed by atoms with Gasteiger partial charge in [0.2, 0.25) is 0 Å². The summed E-state index contributed by atoms with van der Waals surface area (Å²) >= 11 is 6.55. The van der Waals surface area contributed by atoms with E-state index in [0.29, 0.717) is 13.0 Å². The van der Waals surface area contributed by atoms with Crippen LogP contribution >= 0.6 is 31.9 Å². The zero-order valence-corrected chi connectivity index (χ0v) is 15.5. The number of alkyl halides is 2. The van der Waals surface area contributed by atoms with E-state index in [1.807, 2.05) is 13.8 Å². The van der Waals surface area contributed by atoms with Gasteiger partial charge in [-0.2, -0.15) is 0 Å². The van der Waals surface area contributed by atoms with Crippen LogP contribution in [0.2, 0.25) is 0 Å². The Balaban J connectivity index is 0. The summed E-state index contributed by atoms with van der Waals surface area (Å²) in [4.78, 5) is 21.1. The number of unbranched alkanes of at least 4 members (excludes halogenated alkanes) is 1. The molecular weight excluding hydrogens is 392 g/mol. The second-order valence-electron chi connectivity index (χ2n) is 4.23. The predicted octanol–water partition coefficient (Wildman–Crippen LogP) is 4.39. The van der Waals surface area contributed by atoms with Crippen molar-refractivity contribution in [2.24, 2.45) is 5.92 Å². The molecule has 0 aromatic carbocycles. The summed E-state index contributed by atoms with van der Waals surface area (Å²) in [7, 11) is 0. The first-order valence-electron chi connectivity index (χ1n) is 7.03. The lowest BCUT2D eigenvalue weighted by atomic mass is 10.0. The Morgan fingerprint density at radius 2 is 1.70 bits per heavy atom. The van der Waals surface area contributed by atoms with Gasteiger partial charge in [-0.1, -0.05) is 38.8 Å². The SMILES string of the molecule is CCC(CCCBr)C(=O)O.CCOC(=O)CCCCBr. The average Bonchev–Trinajstić information content (AvgIpc) is 2.40. The Bertz CT molecular complexity index is 245. The quantitative estimate of drug-likeness (QED) is 0.325. The molecule has 0 rings (SSSR count). The molecular formula is C14H26Br2O4. The molecule has 1 unspecified atom stereocenters. The number of aliphatic carboxylic acids is 1. The van der Waals surface area contributed by atoms with Crippen LogP contribution in [0.5, 0.6) is 0 Å². The normalized spacial score (nSPS) is 11.2. The van der Waals surface area contributed by atoms with Gasteiger partial charge in [0.15, 0.2) is 0 Å². The van der Waals surface area contributed by atoms with Gasteiger partial charge >= 0.3 is 11.9 Å². The highest BCUT2D eigenvalue weighted by atomic mass is 79.9. The summed E-state index contributed by atoms with van der Waals surface area (Å²) in [5, 5.41) is 10.4. The van der Waals surface area contributed by atoms with Crippen LogP contribution in [0.4, 0.5) is 0 Å². The average molecular weight is 418 g/mol. The number of halogens is 2. The summed E-state index contributed by atoms with van der Waals surface area (Å²) in [6.07, 6.45) is 4.99. The largest absolute Gasteiger partial charge is 0.481 e. The molecule has 20 heavy (non-hydrogen) atoms. The number of carbonyl (C=O) groups excluding carboxylic acids is 1. The van der Waals surface area contributed by atoms with E-state index in [1.54, 1.807) is 0 Å². The standard InChI is InChI=1S/2C7H13BrO2/c1-2-10-7(9)5-3-4-6-8;1-2-6(7(9)10)4-3-5-8/h2-6H2,1H3;6H,2-5H2,1H3,(H,9,10). The van der Waals surface area contributed by atoms with E-state index in [1.165, 1.54) is 0 Å². The molecule has 4 nitrogen and oxygen atoms in total. The van der Waals surface area contributed by atoms with E-state index >= 15 is 0 Å². The Labute approximate surface area is 138 Å². The van der Waals surface area contributed by atoms with E-state index in [-0.39, 0.29) is 11.9 Å². The third kappa shape index (κ3) is 16.0. The molecule has 0 aromatic rings. The molecule has 0 amide bonds. The van der Waals surface area contributed by atoms with Gasteiger partial charge in [-0.15, -0.1) is 0 Å². The maximum Gasteiger partial charge on any atom is 0.306 e. The maximum atomic E-state index is 10.7. The van der Waals surface area contributed by atoms with Crippen molar-refractivity contribution in [3.63, 3.8) is 0 Å². The molecule has 0 bridgehead atoms. The van der Waals surface area contributed by atoms with Crippen LogP contribution in [-0.2, 0) is 14.3 Å². The molecule has 0 aliphatic rings. The number of hydrogen-bond acceptors (Lipinski definition) is 3. The van der Waals surface area contributed by atoms with Crippen molar-refractivity contribution in [1.29, 1.82) is 0 Å². The maximum absolute atomic E-state index is 10.7. The molecule has 0 aliphatic carbocycles. The molecule has 0 fully saturated rings. The van der Waals surface area contributed by atoms with Crippen molar-refractivity contribution in [3.05, 3.63) is 0 Å². The van der Waals surface area contributed by atoms with Crippen LogP contribution in [0.3, 0.4) is 0 Å². The second kappa shape index (κ2) is 17.0. The lowest BCUT2D eigenvalue weighted by molar-refractivity contribution is -0.143. The lowest BCUT2D eigenvalue weighted by Crippen LogP contribution is -2.12. The van der Waals surface area contributed by atoms with Gasteiger partial charge in [0.1, 0.15) is 0 Å². The summed E-state index contributed by atoms with van der Waals surface area (Å²) in [5.74, 6) is -0.885. The molecule has 1 atom stereocenters. The molecule has 120 valence electrons. The Morgan fingerprint density at radius 3 is 2.10 bits per heavy atom. The molecule has 0 aliphatic heterocycles. The van der Waals surface area contributed by atoms with Crippen molar-refractivity contribution in [3.8, 4) is 0 Å². The zero-order valence-electron chi connectivity index (χ0n) is 12.4. The monoisotopic (exact) mass is 416 g/mol. The fraction of sp³-hybridized carbons (Fsp3) is 0.857. The minimum atomic E-state index is -0.663. The first kappa shape index (κ1) is 22.2. The Kier molecular flexibility index (Phi) is 18.8. The topological polar surface area (TPSA) is 63.6 Å². The highest BCUT2D eigenvalue weighted by Gasteiger charge is 2.13. The predicted molar refractivity (Wildman–Crippen MR) is 88.7 cm³/mol. The smallest absolute Gasteiger partial charge is 0.306 e. The van der Waals surface area contributed by atoms with E-state index in [2.05, 4.69) is 31.9 Å². The molecule has 6 heteroatoms. The highest BCUT2D eigenvalue weighted by Crippen LogP contribution is 2.11. The van der Waals surface area contributed by atoms with Crippen molar-refractivity contribution < 1.29 is 19.4 Å². The first-order chi connectivity index (χ1) is 9.53. The van der Waals surface area contributed by atoms with Crippen LogP contribution < -0.4 is 0 Å². The van der Waals surface area contributed by atoms with Crippen LogP contribution in [0, 0.1) is 5.92 Å². The van der Waals surface area contributed by atoms with E-state index < -0.39 is 5.97 Å². The van der Waals surface area contributed by atoms with Crippen molar-refractivity contribution in [2.45, 2.75) is 52.4 Å². The second-order valence-corrected chi connectivity index (χ2v) is 5.81. The fourth-order valence-electron chi connectivity index (χ4n) is 1.42. The minimum Gasteiger partial charge on any atom is -0.481 e. The number of esters is 1. The van der Waals surface area contributed by atoms with Gasteiger partial charge < -0.3 is 9.84 Å². The van der Waals surface area contributed by atoms with Gasteiger partial charge in [-0.3, -0.25) is 9.59 Å². The fourth-order valence-corrected chi connectivity index (χ4v) is 2.14. The zero-order chi connectivity index (χ0) is 15.8. The minimum absolute atomic E-state index is 0.0801. The third-order valence-corrected chi connectivity index (χ3v) is 3.72. The van der Waals surface area contributed by atoms with Crippen LogP contribution in [0.15, 0.2) is 0 Å². The number of carboxylic acids is 1. The summed E-state index contributed by atoms with van der Waals surface area (Å²) in [5.41, 5.74) is 0. The van der Waals surface area contributed by atoms with Crippen LogP contribution in [-0.4, -0.2) is 34.3 Å². The van der Waals surface area contributed by atoms with Crippen molar-refractivity contribution >= 4 is 43.8 Å². The lowest BCUT2D eigenvalue weighted by Gasteiger charge is -2.06. The number of hydrogen-bond donors (Lipinski definition) is 1. The van der Waals surface area contributed by atoms with E-state index in [4.69, 9.17) is 9.84 Å². The Hall–Kier alpha value is -0.100. The summed E-state index contributed by atoms with van der Waals surface area (Å²) in [6, 6.07) is 0. The first-order valence-corrected chi connectivity index (χ1v) is 9.28. The molecule has 0 saturated carbocycles. The molecule has 0 spiro atoms. The van der Waals surface area contributed by atoms with E-state index in [9.17, 15) is 9.59 Å². The third-order valence-electron chi connectivity index (χ3n) is 2.60. The van der Waals surface area contributed by atoms with Gasteiger partial charge in [-0.05, 0) is 39.0 Å². The summed E-state index contributed by atoms with van der Waals surface area (Å²) < 4.78 is 4.73. The Morgan fingerprint density at radius 1 is 1.10 bits per heavy atom. The molecule has 0 aromatic heterocycles. The van der Waals surface area contributed by atoms with Crippen molar-refractivity contribution in [2.75, 3.05) is 17.3 Å². The molecule has 1 N–H and O–H groups in total. The highest BCUT2D eigenvalue weighted by molar-refractivity contribution is 9.09. The number of rotatable bonds is 10.